The number of rotatable bonds is 12. The fourth-order valence-corrected chi connectivity index (χ4v) is 4.51. The van der Waals surface area contributed by atoms with Crippen molar-refractivity contribution in [1.82, 2.24) is 0 Å². The number of cyclic esters (lactones) is 1. The van der Waals surface area contributed by atoms with Crippen LogP contribution in [0.2, 0.25) is 5.02 Å². The minimum atomic E-state index is -1.04. The summed E-state index contributed by atoms with van der Waals surface area (Å²) >= 11 is 5.97. The largest absolute Gasteiger partial charge is 0.507 e. The van der Waals surface area contributed by atoms with Crippen LogP contribution >= 0.6 is 11.6 Å². The smallest absolute Gasteiger partial charge is 0.344 e. The first kappa shape index (κ1) is 27.4. The molecule has 2 N–H and O–H groups in total. The molecule has 0 saturated carbocycles. The molecule has 1 aliphatic heterocycles. The first-order chi connectivity index (χ1) is 18.4. The number of esters is 1. The number of aryl methyl sites for hydroxylation is 2. The number of carbonyl (C=O) groups excluding carboxylic acids is 1. The lowest BCUT2D eigenvalue weighted by Crippen LogP contribution is -2.15. The van der Waals surface area contributed by atoms with Gasteiger partial charge in [0.05, 0.1) is 18.9 Å². The molecule has 1 atom stereocenters. The molecule has 3 aromatic carbocycles. The molecule has 1 aliphatic rings. The molecule has 1 unspecified atom stereocenters. The second-order valence-corrected chi connectivity index (χ2v) is 9.76. The summed E-state index contributed by atoms with van der Waals surface area (Å²) in [6, 6.07) is 23.6. The Morgan fingerprint density at radius 1 is 1.03 bits per heavy atom. The van der Waals surface area contributed by atoms with Gasteiger partial charge in [-0.2, -0.15) is 0 Å². The number of nitrogens with zero attached hydrogens (tertiary/aromatic N) is 1. The molecule has 0 fully saturated rings. The van der Waals surface area contributed by atoms with Crippen LogP contribution in [0.15, 0.2) is 89.1 Å². The molecule has 4 rings (SSSR count). The Hall–Kier alpha value is -3.61. The highest BCUT2D eigenvalue weighted by Crippen LogP contribution is 2.26. The second kappa shape index (κ2) is 13.3. The topological polar surface area (TPSA) is 88.3 Å². The van der Waals surface area contributed by atoms with Crippen molar-refractivity contribution in [2.24, 2.45) is 4.99 Å². The summed E-state index contributed by atoms with van der Waals surface area (Å²) in [5.41, 5.74) is 4.85. The molecular weight excluding hydrogens is 502 g/mol. The second-order valence-electron chi connectivity index (χ2n) is 9.32. The van der Waals surface area contributed by atoms with Crippen molar-refractivity contribution in [3.63, 3.8) is 0 Å². The molecule has 0 bridgehead atoms. The van der Waals surface area contributed by atoms with E-state index in [0.717, 1.165) is 47.3 Å². The van der Waals surface area contributed by atoms with E-state index in [9.17, 15) is 15.0 Å². The number of benzene rings is 3. The average Bonchev–Trinajstić information content (AvgIpc) is 3.21. The maximum Gasteiger partial charge on any atom is 0.344 e. The van der Waals surface area contributed by atoms with Crippen LogP contribution in [0.3, 0.4) is 0 Å². The molecule has 0 saturated heterocycles. The van der Waals surface area contributed by atoms with Crippen molar-refractivity contribution in [3.05, 3.63) is 111 Å². The van der Waals surface area contributed by atoms with Gasteiger partial charge >= 0.3 is 5.97 Å². The lowest BCUT2D eigenvalue weighted by atomic mass is 10.00. The number of para-hydroxylation sites is 1. The first-order valence-electron chi connectivity index (χ1n) is 12.7. The van der Waals surface area contributed by atoms with E-state index < -0.39 is 18.7 Å². The molecule has 1 heterocycles. The zero-order chi connectivity index (χ0) is 26.9. The normalized spacial score (nSPS) is 15.6. The Kier molecular flexibility index (Phi) is 9.57. The summed E-state index contributed by atoms with van der Waals surface area (Å²) in [7, 11) is 0. The molecule has 0 radical (unpaired) electrons. The van der Waals surface area contributed by atoms with Gasteiger partial charge in [0.15, 0.2) is 11.9 Å². The van der Waals surface area contributed by atoms with E-state index in [2.05, 4.69) is 6.07 Å². The fourth-order valence-electron chi connectivity index (χ4n) is 4.38. The van der Waals surface area contributed by atoms with E-state index in [-0.39, 0.29) is 11.3 Å². The van der Waals surface area contributed by atoms with E-state index in [4.69, 9.17) is 26.1 Å². The van der Waals surface area contributed by atoms with E-state index in [1.54, 1.807) is 0 Å². The minimum Gasteiger partial charge on any atom is -0.507 e. The lowest BCUT2D eigenvalue weighted by Gasteiger charge is -2.12. The first-order valence-corrected chi connectivity index (χ1v) is 13.1. The Morgan fingerprint density at radius 3 is 2.55 bits per heavy atom. The van der Waals surface area contributed by atoms with Crippen LogP contribution in [0.25, 0.3) is 0 Å². The number of unbranched alkanes of at least 4 members (excludes halogenated alkanes) is 1. The number of aliphatic imine (C=N–C) groups is 1. The van der Waals surface area contributed by atoms with Gasteiger partial charge in [-0.25, -0.2) is 4.79 Å². The number of aliphatic hydroxyl groups is 2. The standard InChI is InChI=1S/C31H32ClNO5/c1-21-7-6-8-23(17-21)18-33-26(29-30(35)28(19-34)38-31(29)36)11-4-2-9-24-10-3-5-12-27(24)37-20-22-13-15-25(32)16-14-22/h3,5-8,10,12-17,28,34-35H,2,4,9,11,18-20H2,1H3. The lowest BCUT2D eigenvalue weighted by molar-refractivity contribution is -0.141. The molecule has 38 heavy (non-hydrogen) atoms. The van der Waals surface area contributed by atoms with Crippen molar-refractivity contribution in [1.29, 1.82) is 0 Å². The summed E-state index contributed by atoms with van der Waals surface area (Å²) < 4.78 is 11.2. The Bertz CT molecular complexity index is 1320. The molecular formula is C31H32ClNO5. The summed E-state index contributed by atoms with van der Waals surface area (Å²) in [6.45, 7) is 2.37. The summed E-state index contributed by atoms with van der Waals surface area (Å²) in [6.07, 6.45) is 1.82. The number of ether oxygens (including phenoxy) is 2. The van der Waals surface area contributed by atoms with Gasteiger partial charge < -0.3 is 19.7 Å². The van der Waals surface area contributed by atoms with Gasteiger partial charge in [0.25, 0.3) is 0 Å². The fraction of sp³-hybridized carbons (Fsp3) is 0.290. The third-order valence-corrected chi connectivity index (χ3v) is 6.65. The Labute approximate surface area is 228 Å². The Morgan fingerprint density at radius 2 is 1.82 bits per heavy atom. The number of carbonyl (C=O) groups is 1. The predicted molar refractivity (Wildman–Crippen MR) is 149 cm³/mol. The van der Waals surface area contributed by atoms with Crippen LogP contribution in [0, 0.1) is 6.92 Å². The number of hydrogen-bond donors (Lipinski definition) is 2. The third-order valence-electron chi connectivity index (χ3n) is 6.39. The number of hydrogen-bond acceptors (Lipinski definition) is 6. The predicted octanol–water partition coefficient (Wildman–Crippen LogP) is 6.31. The molecule has 0 amide bonds. The molecule has 3 aromatic rings. The van der Waals surface area contributed by atoms with Gasteiger partial charge in [0.2, 0.25) is 0 Å². The van der Waals surface area contributed by atoms with Gasteiger partial charge in [0.1, 0.15) is 17.9 Å². The van der Waals surface area contributed by atoms with E-state index in [1.807, 2.05) is 73.7 Å². The maximum absolute atomic E-state index is 12.5. The van der Waals surface area contributed by atoms with E-state index >= 15 is 0 Å². The van der Waals surface area contributed by atoms with Crippen LogP contribution < -0.4 is 4.74 Å². The zero-order valence-electron chi connectivity index (χ0n) is 21.4. The van der Waals surface area contributed by atoms with Crippen LogP contribution in [0.4, 0.5) is 0 Å². The molecule has 7 heteroatoms. The molecule has 0 aromatic heterocycles. The monoisotopic (exact) mass is 533 g/mol. The minimum absolute atomic E-state index is 0.0726. The summed E-state index contributed by atoms with van der Waals surface area (Å²) in [5.74, 6) is -0.0618. The van der Waals surface area contributed by atoms with Crippen LogP contribution in [-0.2, 0) is 29.1 Å². The van der Waals surface area contributed by atoms with Gasteiger partial charge in [-0.15, -0.1) is 0 Å². The molecule has 0 spiro atoms. The highest BCUT2D eigenvalue weighted by Gasteiger charge is 2.36. The molecule has 198 valence electrons. The Balaban J connectivity index is 1.41. The van der Waals surface area contributed by atoms with Gasteiger partial charge in [-0.3, -0.25) is 4.99 Å². The average molecular weight is 534 g/mol. The highest BCUT2D eigenvalue weighted by atomic mass is 35.5. The SMILES string of the molecule is Cc1cccc(CN=C(CCCCc2ccccc2OCc2ccc(Cl)cc2)C2=C(O)C(CO)OC2=O)c1. The molecule has 0 aliphatic carbocycles. The zero-order valence-corrected chi connectivity index (χ0v) is 22.2. The maximum atomic E-state index is 12.5. The van der Waals surface area contributed by atoms with E-state index in [0.29, 0.717) is 30.3 Å². The summed E-state index contributed by atoms with van der Waals surface area (Å²) in [5, 5.41) is 20.7. The van der Waals surface area contributed by atoms with Gasteiger partial charge in [-0.05, 0) is 67.5 Å². The van der Waals surface area contributed by atoms with Gasteiger partial charge in [0, 0.05) is 5.02 Å². The number of aliphatic hydroxyl groups excluding tert-OH is 2. The van der Waals surface area contributed by atoms with Crippen molar-refractivity contribution >= 4 is 23.3 Å². The highest BCUT2D eigenvalue weighted by molar-refractivity contribution is 6.30. The van der Waals surface area contributed by atoms with Crippen LogP contribution in [0.1, 0.15) is 41.5 Å². The summed E-state index contributed by atoms with van der Waals surface area (Å²) in [4.78, 5) is 17.2. The number of halogens is 1. The van der Waals surface area contributed by atoms with Crippen molar-refractivity contribution < 1.29 is 24.5 Å². The van der Waals surface area contributed by atoms with Crippen molar-refractivity contribution in [2.45, 2.75) is 51.9 Å². The van der Waals surface area contributed by atoms with Crippen LogP contribution in [0.5, 0.6) is 5.75 Å². The van der Waals surface area contributed by atoms with Crippen molar-refractivity contribution in [3.8, 4) is 5.75 Å². The van der Waals surface area contributed by atoms with Crippen LogP contribution in [-0.4, -0.2) is 34.6 Å². The van der Waals surface area contributed by atoms with Gasteiger partial charge in [-0.1, -0.05) is 71.8 Å². The van der Waals surface area contributed by atoms with Crippen molar-refractivity contribution in [2.75, 3.05) is 6.61 Å². The third kappa shape index (κ3) is 7.24. The van der Waals surface area contributed by atoms with E-state index in [1.165, 1.54) is 0 Å². The quantitative estimate of drug-likeness (QED) is 0.162. The molecule has 6 nitrogen and oxygen atoms in total.